The standard InChI is InChI=1S/C25H39Cl6NO/c1-4-5-6-7-9-12-15-18-19(16-13-10-8-11-14-17-20(33)32(2)3)24(29)22(27)21(26)23(18,28)25(24,30)31/h18-19H,4-17H2,1-3H3. The normalized spacial score (nSPS) is 30.3. The molecule has 0 spiro atoms. The third-order valence-corrected chi connectivity index (χ3v) is 11.9. The fourth-order valence-electron chi connectivity index (χ4n) is 5.54. The summed E-state index contributed by atoms with van der Waals surface area (Å²) in [6, 6.07) is 0. The van der Waals surface area contributed by atoms with Crippen molar-refractivity contribution >= 4 is 75.5 Å². The molecule has 0 aliphatic heterocycles. The van der Waals surface area contributed by atoms with Gasteiger partial charge in [-0.05, 0) is 31.1 Å². The Balaban J connectivity index is 1.96. The zero-order chi connectivity index (χ0) is 24.9. The van der Waals surface area contributed by atoms with Crippen LogP contribution >= 0.6 is 69.6 Å². The summed E-state index contributed by atoms with van der Waals surface area (Å²) in [5, 5.41) is 0.640. The van der Waals surface area contributed by atoms with Gasteiger partial charge in [-0.25, -0.2) is 0 Å². The molecule has 192 valence electrons. The number of hydrogen-bond donors (Lipinski definition) is 0. The zero-order valence-corrected chi connectivity index (χ0v) is 24.7. The average molecular weight is 582 g/mol. The van der Waals surface area contributed by atoms with Gasteiger partial charge in [0.15, 0.2) is 4.33 Å². The smallest absolute Gasteiger partial charge is 0.222 e. The van der Waals surface area contributed by atoms with Crippen LogP contribution in [0.3, 0.4) is 0 Å². The van der Waals surface area contributed by atoms with Crippen LogP contribution in [0.2, 0.25) is 0 Å². The Bertz CT molecular complexity index is 696. The number of allylic oxidation sites excluding steroid dienone is 2. The molecule has 4 unspecified atom stereocenters. The van der Waals surface area contributed by atoms with E-state index in [2.05, 4.69) is 6.92 Å². The van der Waals surface area contributed by atoms with E-state index in [1.807, 2.05) is 0 Å². The third kappa shape index (κ3) is 5.93. The molecule has 4 atom stereocenters. The van der Waals surface area contributed by atoms with E-state index in [4.69, 9.17) is 69.6 Å². The van der Waals surface area contributed by atoms with E-state index in [9.17, 15) is 4.79 Å². The van der Waals surface area contributed by atoms with Gasteiger partial charge in [0, 0.05) is 20.5 Å². The molecular formula is C25H39Cl6NO. The van der Waals surface area contributed by atoms with Crippen LogP contribution in [-0.4, -0.2) is 39.0 Å². The SMILES string of the molecule is CCCCCCCCC1C(CCCCCCCC(=O)N(C)C)C2(Cl)C(Cl)=C(Cl)C1(Cl)C2(Cl)Cl. The third-order valence-electron chi connectivity index (χ3n) is 7.53. The van der Waals surface area contributed by atoms with E-state index in [-0.39, 0.29) is 17.7 Å². The number of nitrogens with zero attached hydrogens (tertiary/aromatic N) is 1. The van der Waals surface area contributed by atoms with Gasteiger partial charge in [-0.15, -0.1) is 23.2 Å². The lowest BCUT2D eigenvalue weighted by Crippen LogP contribution is -2.44. The molecule has 2 bridgehead atoms. The first-order valence-corrected chi connectivity index (χ1v) is 14.8. The maximum atomic E-state index is 11.7. The van der Waals surface area contributed by atoms with Gasteiger partial charge in [-0.2, -0.15) is 0 Å². The molecule has 0 N–H and O–H groups in total. The highest BCUT2D eigenvalue weighted by atomic mass is 35.5. The van der Waals surface area contributed by atoms with Crippen molar-refractivity contribution in [1.29, 1.82) is 0 Å². The van der Waals surface area contributed by atoms with E-state index in [0.717, 1.165) is 57.8 Å². The van der Waals surface area contributed by atoms with Crippen molar-refractivity contribution in [3.8, 4) is 0 Å². The summed E-state index contributed by atoms with van der Waals surface area (Å²) in [5.74, 6) is 0.156. The number of carbonyl (C=O) groups is 1. The van der Waals surface area contributed by atoms with Crippen LogP contribution in [0.4, 0.5) is 0 Å². The summed E-state index contributed by atoms with van der Waals surface area (Å²) in [6.07, 6.45) is 14.6. The van der Waals surface area contributed by atoms with Crippen LogP contribution in [0.25, 0.3) is 0 Å². The van der Waals surface area contributed by atoms with Gasteiger partial charge in [0.05, 0.1) is 10.1 Å². The number of unbranched alkanes of at least 4 members (excludes halogenated alkanes) is 9. The molecule has 33 heavy (non-hydrogen) atoms. The predicted molar refractivity (Wildman–Crippen MR) is 146 cm³/mol. The first-order chi connectivity index (χ1) is 15.5. The quantitative estimate of drug-likeness (QED) is 0.139. The Morgan fingerprint density at radius 2 is 1.12 bits per heavy atom. The Kier molecular flexibility index (Phi) is 11.8. The van der Waals surface area contributed by atoms with Crippen LogP contribution < -0.4 is 0 Å². The lowest BCUT2D eigenvalue weighted by molar-refractivity contribution is -0.128. The van der Waals surface area contributed by atoms with Crippen molar-refractivity contribution in [1.82, 2.24) is 4.90 Å². The number of rotatable bonds is 15. The summed E-state index contributed by atoms with van der Waals surface area (Å²) in [5.41, 5.74) is 0. The molecule has 2 aliphatic rings. The van der Waals surface area contributed by atoms with Crippen LogP contribution in [-0.2, 0) is 4.79 Å². The monoisotopic (exact) mass is 579 g/mol. The van der Waals surface area contributed by atoms with Crippen LogP contribution in [0.1, 0.15) is 96.8 Å². The van der Waals surface area contributed by atoms with Crippen molar-refractivity contribution in [2.45, 2.75) is 111 Å². The number of alkyl halides is 4. The second-order valence-electron chi connectivity index (χ2n) is 9.99. The molecule has 0 radical (unpaired) electrons. The number of fused-ring (bicyclic) bond motifs is 2. The minimum atomic E-state index is -1.44. The average Bonchev–Trinajstić information content (AvgIpc) is 2.96. The van der Waals surface area contributed by atoms with Gasteiger partial charge in [-0.1, -0.05) is 118 Å². The highest BCUT2D eigenvalue weighted by Crippen LogP contribution is 2.77. The van der Waals surface area contributed by atoms with Gasteiger partial charge < -0.3 is 4.90 Å². The number of hydrogen-bond acceptors (Lipinski definition) is 1. The Labute approximate surface area is 231 Å². The largest absolute Gasteiger partial charge is 0.349 e. The zero-order valence-electron chi connectivity index (χ0n) is 20.2. The van der Waals surface area contributed by atoms with Crippen molar-refractivity contribution in [3.63, 3.8) is 0 Å². The van der Waals surface area contributed by atoms with Crippen molar-refractivity contribution in [3.05, 3.63) is 10.1 Å². The van der Waals surface area contributed by atoms with Gasteiger partial charge in [-0.3, -0.25) is 4.79 Å². The molecule has 2 aliphatic carbocycles. The van der Waals surface area contributed by atoms with Gasteiger partial charge in [0.2, 0.25) is 5.91 Å². The minimum absolute atomic E-state index is 0.00875. The number of amides is 1. The Morgan fingerprint density at radius 3 is 1.55 bits per heavy atom. The molecule has 2 nitrogen and oxygen atoms in total. The molecular weight excluding hydrogens is 543 g/mol. The molecule has 0 aromatic heterocycles. The summed E-state index contributed by atoms with van der Waals surface area (Å²) in [7, 11) is 3.59. The van der Waals surface area contributed by atoms with Crippen LogP contribution in [0.5, 0.6) is 0 Å². The molecule has 1 amide bonds. The van der Waals surface area contributed by atoms with Gasteiger partial charge in [0.1, 0.15) is 9.75 Å². The lowest BCUT2D eigenvalue weighted by Gasteiger charge is -2.37. The first-order valence-electron chi connectivity index (χ1n) is 12.5. The summed E-state index contributed by atoms with van der Waals surface area (Å²) < 4.78 is -1.44. The minimum Gasteiger partial charge on any atom is -0.349 e. The molecule has 8 heteroatoms. The summed E-state index contributed by atoms with van der Waals surface area (Å²) in [6.45, 7) is 2.22. The molecule has 0 aromatic carbocycles. The fourth-order valence-corrected chi connectivity index (χ4v) is 8.69. The molecule has 2 rings (SSSR count). The van der Waals surface area contributed by atoms with E-state index in [1.165, 1.54) is 25.7 Å². The van der Waals surface area contributed by atoms with Crippen molar-refractivity contribution in [2.24, 2.45) is 11.8 Å². The maximum Gasteiger partial charge on any atom is 0.222 e. The van der Waals surface area contributed by atoms with E-state index < -0.39 is 14.1 Å². The maximum absolute atomic E-state index is 11.7. The van der Waals surface area contributed by atoms with Gasteiger partial charge >= 0.3 is 0 Å². The number of carbonyl (C=O) groups excluding carboxylic acids is 1. The second kappa shape index (κ2) is 13.0. The van der Waals surface area contributed by atoms with Crippen LogP contribution in [0.15, 0.2) is 10.1 Å². The summed E-state index contributed by atoms with van der Waals surface area (Å²) in [4.78, 5) is 11.1. The van der Waals surface area contributed by atoms with Crippen molar-refractivity contribution in [2.75, 3.05) is 14.1 Å². The highest BCUT2D eigenvalue weighted by Gasteiger charge is 2.81. The van der Waals surface area contributed by atoms with Gasteiger partial charge in [0.25, 0.3) is 0 Å². The topological polar surface area (TPSA) is 20.3 Å². The van der Waals surface area contributed by atoms with E-state index >= 15 is 0 Å². The highest BCUT2D eigenvalue weighted by molar-refractivity contribution is 6.65. The molecule has 1 fully saturated rings. The second-order valence-corrected chi connectivity index (χ2v) is 13.3. The molecule has 0 saturated heterocycles. The summed E-state index contributed by atoms with van der Waals surface area (Å²) >= 11 is 41.2. The molecule has 1 saturated carbocycles. The van der Waals surface area contributed by atoms with E-state index in [0.29, 0.717) is 16.5 Å². The van der Waals surface area contributed by atoms with E-state index in [1.54, 1.807) is 19.0 Å². The lowest BCUT2D eigenvalue weighted by atomic mass is 9.76. The van der Waals surface area contributed by atoms with Crippen LogP contribution in [0, 0.1) is 11.8 Å². The van der Waals surface area contributed by atoms with Crippen molar-refractivity contribution < 1.29 is 4.79 Å². The number of halogens is 6. The Morgan fingerprint density at radius 1 is 0.727 bits per heavy atom. The molecule has 0 aromatic rings. The predicted octanol–water partition coefficient (Wildman–Crippen LogP) is 9.63. The first kappa shape index (κ1) is 30.2. The Hall–Kier alpha value is 0.950. The molecule has 0 heterocycles. The fraction of sp³-hybridized carbons (Fsp3) is 0.880.